The summed E-state index contributed by atoms with van der Waals surface area (Å²) < 4.78 is 0. The molecule has 1 aliphatic rings. The summed E-state index contributed by atoms with van der Waals surface area (Å²) in [5.74, 6) is 0.160. The average molecular weight is 177 g/mol. The standard InChI is InChI=1S/C9H11N3O/c10-7-4-8(6-11-5-7)12-3-1-2-9(12)13/h4-6H,1-3,10H2. The molecule has 0 radical (unpaired) electrons. The number of anilines is 2. The van der Waals surface area contributed by atoms with Crippen molar-refractivity contribution >= 4 is 17.3 Å². The van der Waals surface area contributed by atoms with Crippen LogP contribution in [0.2, 0.25) is 0 Å². The van der Waals surface area contributed by atoms with Crippen molar-refractivity contribution in [3.63, 3.8) is 0 Å². The smallest absolute Gasteiger partial charge is 0.227 e. The van der Waals surface area contributed by atoms with E-state index in [9.17, 15) is 4.79 Å². The van der Waals surface area contributed by atoms with Crippen molar-refractivity contribution in [2.75, 3.05) is 17.2 Å². The van der Waals surface area contributed by atoms with E-state index in [-0.39, 0.29) is 5.91 Å². The molecule has 2 N–H and O–H groups in total. The van der Waals surface area contributed by atoms with Crippen LogP contribution in [0.1, 0.15) is 12.8 Å². The number of nitrogens with zero attached hydrogens (tertiary/aromatic N) is 2. The zero-order valence-corrected chi connectivity index (χ0v) is 7.23. The van der Waals surface area contributed by atoms with Crippen LogP contribution in [0.4, 0.5) is 11.4 Å². The topological polar surface area (TPSA) is 59.2 Å². The molecule has 1 amide bonds. The summed E-state index contributed by atoms with van der Waals surface area (Å²) in [4.78, 5) is 17.0. The highest BCUT2D eigenvalue weighted by molar-refractivity contribution is 5.95. The SMILES string of the molecule is Nc1cncc(N2CCCC2=O)c1. The van der Waals surface area contributed by atoms with Crippen molar-refractivity contribution in [3.8, 4) is 0 Å². The van der Waals surface area contributed by atoms with Gasteiger partial charge in [-0.25, -0.2) is 0 Å². The number of aromatic nitrogens is 1. The molecule has 4 heteroatoms. The van der Waals surface area contributed by atoms with E-state index in [0.717, 1.165) is 18.7 Å². The molecule has 0 spiro atoms. The number of rotatable bonds is 1. The number of amides is 1. The van der Waals surface area contributed by atoms with Crippen molar-refractivity contribution < 1.29 is 4.79 Å². The first-order valence-corrected chi connectivity index (χ1v) is 4.28. The number of nitrogen functional groups attached to an aromatic ring is 1. The summed E-state index contributed by atoms with van der Waals surface area (Å²) in [6, 6.07) is 1.77. The van der Waals surface area contributed by atoms with Crippen molar-refractivity contribution in [2.45, 2.75) is 12.8 Å². The Labute approximate surface area is 76.4 Å². The lowest BCUT2D eigenvalue weighted by molar-refractivity contribution is -0.117. The number of hydrogen-bond acceptors (Lipinski definition) is 3. The van der Waals surface area contributed by atoms with Crippen LogP contribution >= 0.6 is 0 Å². The molecule has 0 unspecified atom stereocenters. The van der Waals surface area contributed by atoms with Gasteiger partial charge in [0.05, 0.1) is 17.6 Å². The first-order chi connectivity index (χ1) is 6.27. The average Bonchev–Trinajstić information content (AvgIpc) is 2.51. The van der Waals surface area contributed by atoms with Gasteiger partial charge in [0, 0.05) is 19.2 Å². The molecule has 13 heavy (non-hydrogen) atoms. The third-order valence-electron chi connectivity index (χ3n) is 2.13. The molecule has 0 aliphatic carbocycles. The minimum Gasteiger partial charge on any atom is -0.397 e. The van der Waals surface area contributed by atoms with Gasteiger partial charge in [0.15, 0.2) is 0 Å². The van der Waals surface area contributed by atoms with Crippen LogP contribution in [0.15, 0.2) is 18.5 Å². The number of carbonyl (C=O) groups is 1. The third kappa shape index (κ3) is 1.47. The predicted molar refractivity (Wildman–Crippen MR) is 50.2 cm³/mol. The largest absolute Gasteiger partial charge is 0.397 e. The lowest BCUT2D eigenvalue weighted by Crippen LogP contribution is -2.23. The van der Waals surface area contributed by atoms with Crippen molar-refractivity contribution in [1.82, 2.24) is 4.98 Å². The van der Waals surface area contributed by atoms with Gasteiger partial charge in [-0.15, -0.1) is 0 Å². The monoisotopic (exact) mass is 177 g/mol. The number of nitrogens with two attached hydrogens (primary N) is 1. The van der Waals surface area contributed by atoms with Crippen LogP contribution in [-0.2, 0) is 4.79 Å². The minimum atomic E-state index is 0.160. The van der Waals surface area contributed by atoms with E-state index < -0.39 is 0 Å². The lowest BCUT2D eigenvalue weighted by atomic mass is 10.3. The molecule has 1 aromatic rings. The lowest BCUT2D eigenvalue weighted by Gasteiger charge is -2.14. The first kappa shape index (κ1) is 8.04. The number of hydrogen-bond donors (Lipinski definition) is 1. The Morgan fingerprint density at radius 2 is 2.31 bits per heavy atom. The van der Waals surface area contributed by atoms with Gasteiger partial charge >= 0.3 is 0 Å². The summed E-state index contributed by atoms with van der Waals surface area (Å²) in [5, 5.41) is 0. The molecule has 1 aliphatic heterocycles. The molecular formula is C9H11N3O. The molecule has 0 bridgehead atoms. The molecule has 0 atom stereocenters. The van der Waals surface area contributed by atoms with E-state index in [1.54, 1.807) is 23.4 Å². The number of pyridine rings is 1. The molecule has 0 aromatic carbocycles. The molecule has 1 saturated heterocycles. The molecule has 2 rings (SSSR count). The molecule has 0 saturated carbocycles. The Bertz CT molecular complexity index is 337. The minimum absolute atomic E-state index is 0.160. The first-order valence-electron chi connectivity index (χ1n) is 4.28. The van der Waals surface area contributed by atoms with E-state index in [1.165, 1.54) is 0 Å². The second-order valence-electron chi connectivity index (χ2n) is 3.13. The molecule has 2 heterocycles. The maximum Gasteiger partial charge on any atom is 0.227 e. The van der Waals surface area contributed by atoms with E-state index in [4.69, 9.17) is 5.73 Å². The normalized spacial score (nSPS) is 16.6. The fourth-order valence-electron chi connectivity index (χ4n) is 1.51. The Kier molecular flexibility index (Phi) is 1.88. The zero-order valence-electron chi connectivity index (χ0n) is 7.23. The summed E-state index contributed by atoms with van der Waals surface area (Å²) in [5.41, 5.74) is 6.97. The van der Waals surface area contributed by atoms with E-state index in [2.05, 4.69) is 4.98 Å². The Morgan fingerprint density at radius 1 is 1.46 bits per heavy atom. The van der Waals surface area contributed by atoms with Gasteiger partial charge in [-0.3, -0.25) is 9.78 Å². The van der Waals surface area contributed by atoms with Crippen LogP contribution < -0.4 is 10.6 Å². The van der Waals surface area contributed by atoms with Crippen LogP contribution in [0.25, 0.3) is 0 Å². The van der Waals surface area contributed by atoms with E-state index in [1.807, 2.05) is 0 Å². The summed E-state index contributed by atoms with van der Waals surface area (Å²) >= 11 is 0. The summed E-state index contributed by atoms with van der Waals surface area (Å²) in [7, 11) is 0. The Balaban J connectivity index is 2.29. The fourth-order valence-corrected chi connectivity index (χ4v) is 1.51. The molecule has 68 valence electrons. The van der Waals surface area contributed by atoms with E-state index in [0.29, 0.717) is 12.1 Å². The zero-order chi connectivity index (χ0) is 9.26. The molecule has 1 fully saturated rings. The van der Waals surface area contributed by atoms with Crippen LogP contribution in [0, 0.1) is 0 Å². The molecule has 4 nitrogen and oxygen atoms in total. The second kappa shape index (κ2) is 3.05. The van der Waals surface area contributed by atoms with Gasteiger partial charge in [0.2, 0.25) is 5.91 Å². The number of carbonyl (C=O) groups excluding carboxylic acids is 1. The van der Waals surface area contributed by atoms with Crippen molar-refractivity contribution in [1.29, 1.82) is 0 Å². The predicted octanol–water partition coefficient (Wildman–Crippen LogP) is 0.791. The quantitative estimate of drug-likeness (QED) is 0.690. The maximum absolute atomic E-state index is 11.3. The fraction of sp³-hybridized carbons (Fsp3) is 0.333. The Hall–Kier alpha value is -1.58. The summed E-state index contributed by atoms with van der Waals surface area (Å²) in [6.07, 6.45) is 4.80. The molecular weight excluding hydrogens is 166 g/mol. The highest BCUT2D eigenvalue weighted by atomic mass is 16.2. The highest BCUT2D eigenvalue weighted by Gasteiger charge is 2.21. The van der Waals surface area contributed by atoms with Gasteiger partial charge in [0.25, 0.3) is 0 Å². The maximum atomic E-state index is 11.3. The Morgan fingerprint density at radius 3 is 2.92 bits per heavy atom. The van der Waals surface area contributed by atoms with Crippen LogP contribution in [-0.4, -0.2) is 17.4 Å². The van der Waals surface area contributed by atoms with Gasteiger partial charge in [0.1, 0.15) is 0 Å². The van der Waals surface area contributed by atoms with Gasteiger partial charge in [-0.1, -0.05) is 0 Å². The third-order valence-corrected chi connectivity index (χ3v) is 2.13. The van der Waals surface area contributed by atoms with Crippen molar-refractivity contribution in [2.24, 2.45) is 0 Å². The molecule has 1 aromatic heterocycles. The highest BCUT2D eigenvalue weighted by Crippen LogP contribution is 2.21. The van der Waals surface area contributed by atoms with E-state index >= 15 is 0 Å². The summed E-state index contributed by atoms with van der Waals surface area (Å²) in [6.45, 7) is 0.782. The van der Waals surface area contributed by atoms with Gasteiger partial charge in [-0.2, -0.15) is 0 Å². The van der Waals surface area contributed by atoms with Gasteiger partial charge < -0.3 is 10.6 Å². The van der Waals surface area contributed by atoms with Gasteiger partial charge in [-0.05, 0) is 12.5 Å². The van der Waals surface area contributed by atoms with Crippen LogP contribution in [0.3, 0.4) is 0 Å². The second-order valence-corrected chi connectivity index (χ2v) is 3.13. The van der Waals surface area contributed by atoms with Crippen LogP contribution in [0.5, 0.6) is 0 Å². The van der Waals surface area contributed by atoms with Crippen molar-refractivity contribution in [3.05, 3.63) is 18.5 Å².